The van der Waals surface area contributed by atoms with Gasteiger partial charge in [0.2, 0.25) is 0 Å². The second kappa shape index (κ2) is 24.8. The number of hydrogen-bond acceptors (Lipinski definition) is 12. The van der Waals surface area contributed by atoms with E-state index in [0.717, 1.165) is 51.9 Å². The molecule has 14 heteroatoms. The largest absolute Gasteiger partial charge is 0.311 e. The lowest BCUT2D eigenvalue weighted by atomic mass is 9.86. The van der Waals surface area contributed by atoms with Crippen molar-refractivity contribution in [3.63, 3.8) is 0 Å². The number of carbonyl (C=O) groups is 4. The molecule has 0 spiro atoms. The Bertz CT molecular complexity index is 3770. The summed E-state index contributed by atoms with van der Waals surface area (Å²) in [6, 6.07) is 46.8. The Labute approximate surface area is 480 Å². The number of amides is 4. The second-order valence-electron chi connectivity index (χ2n) is 18.4. The van der Waals surface area contributed by atoms with Crippen molar-refractivity contribution in [2.75, 3.05) is 19.0 Å². The van der Waals surface area contributed by atoms with Gasteiger partial charge >= 0.3 is 0 Å². The van der Waals surface area contributed by atoms with Crippen LogP contribution in [0.2, 0.25) is 0 Å². The van der Waals surface area contributed by atoms with Crippen LogP contribution < -0.4 is 4.90 Å². The van der Waals surface area contributed by atoms with Gasteiger partial charge in [-0.15, -0.1) is 11.3 Å². The molecule has 0 saturated heterocycles. The van der Waals surface area contributed by atoms with Gasteiger partial charge in [0.15, 0.2) is 9.66 Å². The molecule has 0 radical (unpaired) electrons. The van der Waals surface area contributed by atoms with E-state index in [1.165, 1.54) is 98.2 Å². The highest BCUT2D eigenvalue weighted by Gasteiger charge is 2.37. The number of thiazole rings is 2. The van der Waals surface area contributed by atoms with E-state index in [9.17, 15) is 19.2 Å². The van der Waals surface area contributed by atoms with Gasteiger partial charge in [-0.05, 0) is 108 Å². The molecular weight excluding hydrogens is 1050 g/mol. The highest BCUT2D eigenvalue weighted by atomic mass is 32.1. The van der Waals surface area contributed by atoms with Gasteiger partial charge in [0, 0.05) is 90.5 Å². The van der Waals surface area contributed by atoms with Crippen LogP contribution in [0.1, 0.15) is 114 Å². The molecule has 11 aromatic rings. The van der Waals surface area contributed by atoms with Crippen molar-refractivity contribution in [3.8, 4) is 22.5 Å². The quantitative estimate of drug-likeness (QED) is 0.159. The number of aromatic nitrogens is 4. The van der Waals surface area contributed by atoms with Crippen molar-refractivity contribution in [3.05, 3.63) is 193 Å². The molecule has 0 saturated carbocycles. The van der Waals surface area contributed by atoms with Crippen molar-refractivity contribution < 1.29 is 19.2 Å². The molecule has 4 aromatic heterocycles. The smallest absolute Gasteiger partial charge is 0.261 e. The van der Waals surface area contributed by atoms with Crippen LogP contribution in [0.3, 0.4) is 0 Å². The minimum Gasteiger partial charge on any atom is -0.311 e. The Morgan fingerprint density at radius 2 is 0.713 bits per heavy atom. The first-order valence-electron chi connectivity index (χ1n) is 26.9. The Hall–Kier alpha value is -8.30. The molecule has 0 unspecified atom stereocenters. The molecule has 2 aliphatic heterocycles. The summed E-state index contributed by atoms with van der Waals surface area (Å²) in [5.41, 5.74) is 14.0. The highest BCUT2D eigenvalue weighted by molar-refractivity contribution is 7.26. The number of aryl methyl sites for hydroxylation is 6. The summed E-state index contributed by atoms with van der Waals surface area (Å²) in [4.78, 5) is 76.7. The van der Waals surface area contributed by atoms with Crippen molar-refractivity contribution >= 4 is 117 Å². The van der Waals surface area contributed by atoms with E-state index in [0.29, 0.717) is 33.0 Å². The van der Waals surface area contributed by atoms with Gasteiger partial charge in [-0.1, -0.05) is 154 Å². The van der Waals surface area contributed by atoms with E-state index in [1.807, 2.05) is 61.5 Å². The fraction of sp³-hybridized carbons (Fsp3) is 0.212. The fourth-order valence-electron chi connectivity index (χ4n) is 9.73. The molecule has 0 N–H and O–H groups in total. The van der Waals surface area contributed by atoms with Crippen LogP contribution >= 0.6 is 34.0 Å². The molecule has 0 fully saturated rings. The van der Waals surface area contributed by atoms with Crippen LogP contribution in [-0.2, 0) is 0 Å². The van der Waals surface area contributed by atoms with E-state index in [4.69, 9.17) is 9.97 Å². The fourth-order valence-corrected chi connectivity index (χ4v) is 12.5. The second-order valence-corrected chi connectivity index (χ2v) is 22.2. The summed E-state index contributed by atoms with van der Waals surface area (Å²) in [5.74, 6) is -1.72. The predicted octanol–water partition coefficient (Wildman–Crippen LogP) is 17.6. The number of benzene rings is 7. The first-order chi connectivity index (χ1) is 38.7. The Kier molecular flexibility index (Phi) is 17.9. The van der Waals surface area contributed by atoms with Gasteiger partial charge < -0.3 is 4.90 Å². The monoisotopic (exact) mass is 1120 g/mol. The van der Waals surface area contributed by atoms with Crippen LogP contribution in [0.5, 0.6) is 0 Å². The van der Waals surface area contributed by atoms with Gasteiger partial charge in [-0.25, -0.2) is 19.9 Å². The first-order valence-corrected chi connectivity index (χ1v) is 29.4. The minimum atomic E-state index is -0.431. The van der Waals surface area contributed by atoms with Gasteiger partial charge in [0.1, 0.15) is 11.0 Å². The minimum absolute atomic E-state index is 0.336. The van der Waals surface area contributed by atoms with Crippen LogP contribution in [0.15, 0.2) is 140 Å². The molecule has 80 heavy (non-hydrogen) atoms. The number of para-hydroxylation sites is 1. The summed E-state index contributed by atoms with van der Waals surface area (Å²) < 4.78 is 0. The number of anilines is 3. The number of carbonyl (C=O) groups excluding carboxylic acids is 4. The SMILES string of the molecule is CC.CC.CC.CN1C(=O)c2ccc3c4c(ccc(c24)C1=O)C(=O)N(C)C3=O.Cc1ccc(N(c2ccccc2)c2ccc(C)cc2)cc1.Cc1nc2sc(C)nc2s1.Cc1sc(C)c2nc3c(nc12)-c1cccc2cccc-3c12. The van der Waals surface area contributed by atoms with E-state index >= 15 is 0 Å². The van der Waals surface area contributed by atoms with Crippen molar-refractivity contribution in [2.24, 2.45) is 0 Å². The molecule has 3 aliphatic rings. The van der Waals surface area contributed by atoms with Crippen molar-refractivity contribution in [1.82, 2.24) is 29.7 Å². The van der Waals surface area contributed by atoms with E-state index in [2.05, 4.69) is 152 Å². The third-order valence-electron chi connectivity index (χ3n) is 13.4. The van der Waals surface area contributed by atoms with Crippen LogP contribution in [0.4, 0.5) is 17.1 Å². The average molecular weight is 1120 g/mol. The lowest BCUT2D eigenvalue weighted by Crippen LogP contribution is -2.40. The highest BCUT2D eigenvalue weighted by Crippen LogP contribution is 2.47. The maximum Gasteiger partial charge on any atom is 0.261 e. The summed E-state index contributed by atoms with van der Waals surface area (Å²) in [5, 5.41) is 5.57. The van der Waals surface area contributed by atoms with E-state index in [-0.39, 0.29) is 0 Å². The third-order valence-corrected chi connectivity index (χ3v) is 16.2. The number of rotatable bonds is 3. The van der Waals surface area contributed by atoms with Crippen LogP contribution in [0, 0.1) is 41.5 Å². The molecule has 6 heterocycles. The lowest BCUT2D eigenvalue weighted by Gasteiger charge is -2.29. The molecule has 7 aromatic carbocycles. The summed E-state index contributed by atoms with van der Waals surface area (Å²) in [7, 11) is 2.83. The van der Waals surface area contributed by atoms with Crippen LogP contribution in [-0.4, -0.2) is 67.5 Å². The van der Waals surface area contributed by atoms with E-state index in [1.54, 1.807) is 34.0 Å². The molecule has 14 rings (SSSR count). The Balaban J connectivity index is 0.000000139. The summed E-state index contributed by atoms with van der Waals surface area (Å²) in [6.45, 7) is 24.5. The third kappa shape index (κ3) is 10.9. The molecule has 4 amide bonds. The van der Waals surface area contributed by atoms with Gasteiger partial charge in [0.25, 0.3) is 23.6 Å². The standard InChI is InChI=1S/C20H19N.C18H12N2S.C16H10N2O4.C6H6N2S2.3C2H6/c1-16-8-12-19(13-9-16)21(18-6-4-3-5-7-18)20-14-10-17(2)11-15-20;1-9-15-16(10(2)21-9)20-18-13-8-4-6-11-5-3-7-12(14(11)13)17(18)19-15;1-17-13(19)7-3-5-9-12-10(16(22)18(2)15(9)21)6-4-8(11(7)12)14(17)20;1-3-7-5-6(9-3)8-4(2)10-5;3*1-2/h3-15H,1-2H3;3-8H,1-2H3;3-6H,1-2H3;1-2H3;3*1-2H3. The lowest BCUT2D eigenvalue weighted by molar-refractivity contribution is 0.0629. The molecule has 0 atom stereocenters. The first kappa shape index (κ1) is 57.9. The molecule has 11 nitrogen and oxygen atoms in total. The van der Waals surface area contributed by atoms with Crippen molar-refractivity contribution in [2.45, 2.75) is 83.1 Å². The molecular formula is C66H65N7O4S3. The van der Waals surface area contributed by atoms with Crippen molar-refractivity contribution in [1.29, 1.82) is 0 Å². The Morgan fingerprint density at radius 1 is 0.362 bits per heavy atom. The Morgan fingerprint density at radius 3 is 1.07 bits per heavy atom. The van der Waals surface area contributed by atoms with Gasteiger partial charge in [0.05, 0.1) is 21.4 Å². The number of thiophene rings is 1. The number of fused-ring (bicyclic) bond motifs is 5. The summed E-state index contributed by atoms with van der Waals surface area (Å²) in [6.07, 6.45) is 0. The number of nitrogens with zero attached hydrogens (tertiary/aromatic N) is 7. The van der Waals surface area contributed by atoms with Crippen LogP contribution in [0.25, 0.3) is 64.8 Å². The van der Waals surface area contributed by atoms with E-state index < -0.39 is 23.6 Å². The van der Waals surface area contributed by atoms with Gasteiger partial charge in [-0.3, -0.25) is 29.0 Å². The molecule has 1 aliphatic carbocycles. The number of imide groups is 2. The topological polar surface area (TPSA) is 130 Å². The molecule has 0 bridgehead atoms. The predicted molar refractivity (Wildman–Crippen MR) is 335 cm³/mol. The zero-order chi connectivity index (χ0) is 57.7. The normalized spacial score (nSPS) is 12.2. The zero-order valence-corrected chi connectivity index (χ0v) is 50.2. The zero-order valence-electron chi connectivity index (χ0n) is 47.8. The maximum absolute atomic E-state index is 12.3. The van der Waals surface area contributed by atoms with Gasteiger partial charge in [-0.2, -0.15) is 0 Å². The molecule has 406 valence electrons. The number of hydrogen-bond donors (Lipinski definition) is 0. The average Bonchev–Trinajstić information content (AvgIpc) is 4.35. The maximum atomic E-state index is 12.3. The summed E-state index contributed by atoms with van der Waals surface area (Å²) >= 11 is 5.11.